The van der Waals surface area contributed by atoms with Crippen molar-refractivity contribution in [1.29, 1.82) is 0 Å². The highest BCUT2D eigenvalue weighted by atomic mass is 35.5. The monoisotopic (exact) mass is 464 g/mol. The summed E-state index contributed by atoms with van der Waals surface area (Å²) in [4.78, 5) is 13.9. The van der Waals surface area contributed by atoms with Gasteiger partial charge >= 0.3 is 0 Å². The Balaban J connectivity index is 1.54. The third kappa shape index (κ3) is 5.60. The molecule has 0 atom stereocenters. The molecule has 0 amide bonds. The number of benzene rings is 2. The summed E-state index contributed by atoms with van der Waals surface area (Å²) < 4.78 is 0. The van der Waals surface area contributed by atoms with E-state index in [9.17, 15) is 0 Å². The minimum Gasteiger partial charge on any atom is -0.331 e. The molecule has 1 aliphatic carbocycles. The normalized spacial score (nSPS) is 13.6. The van der Waals surface area contributed by atoms with Gasteiger partial charge in [0.15, 0.2) is 5.11 Å². The van der Waals surface area contributed by atoms with Gasteiger partial charge in [0.25, 0.3) is 0 Å². The number of guanidine groups is 1. The van der Waals surface area contributed by atoms with Crippen molar-refractivity contribution in [2.75, 3.05) is 10.6 Å². The number of fused-ring (bicyclic) bond motifs is 1. The van der Waals surface area contributed by atoms with Crippen LogP contribution in [0, 0.1) is 20.8 Å². The smallest absolute Gasteiger partial charge is 0.229 e. The van der Waals surface area contributed by atoms with Gasteiger partial charge in [0.2, 0.25) is 11.9 Å². The van der Waals surface area contributed by atoms with Gasteiger partial charge in [0.1, 0.15) is 0 Å². The Kier molecular flexibility index (Phi) is 6.67. The maximum atomic E-state index is 6.35. The first-order valence-electron chi connectivity index (χ1n) is 10.4. The van der Waals surface area contributed by atoms with Crippen molar-refractivity contribution in [3.8, 4) is 0 Å². The third-order valence-electron chi connectivity index (χ3n) is 5.16. The summed E-state index contributed by atoms with van der Waals surface area (Å²) in [6, 6.07) is 16.2. The maximum absolute atomic E-state index is 6.35. The molecule has 1 aromatic heterocycles. The average molecular weight is 465 g/mol. The number of aromatic nitrogens is 2. The molecule has 2 aromatic carbocycles. The Hall–Kier alpha value is -3.03. The minimum atomic E-state index is 0.0964. The first-order valence-corrected chi connectivity index (χ1v) is 11.2. The molecule has 3 aromatic rings. The van der Waals surface area contributed by atoms with Crippen LogP contribution in [-0.4, -0.2) is 27.1 Å². The number of nitrogens with zero attached hydrogens (tertiary/aromatic N) is 3. The van der Waals surface area contributed by atoms with Crippen molar-refractivity contribution in [1.82, 2.24) is 15.3 Å². The first-order chi connectivity index (χ1) is 15.4. The predicted octanol–water partition coefficient (Wildman–Crippen LogP) is 4.98. The number of aryl methyl sites for hydroxylation is 3. The van der Waals surface area contributed by atoms with Gasteiger partial charge in [-0.15, -0.1) is 0 Å². The lowest BCUT2D eigenvalue weighted by molar-refractivity contribution is 0.720. The fraction of sp³-hybridized carbons (Fsp3) is 0.250. The van der Waals surface area contributed by atoms with E-state index in [1.54, 1.807) is 0 Å². The Labute approximate surface area is 198 Å². The number of rotatable bonds is 3. The molecule has 1 aliphatic rings. The highest BCUT2D eigenvalue weighted by Gasteiger charge is 2.21. The van der Waals surface area contributed by atoms with E-state index in [-0.39, 0.29) is 6.04 Å². The topological polar surface area (TPSA) is 74.2 Å². The second-order valence-corrected chi connectivity index (χ2v) is 8.79. The summed E-state index contributed by atoms with van der Waals surface area (Å²) in [5.74, 6) is 0.967. The van der Waals surface area contributed by atoms with E-state index in [0.717, 1.165) is 35.5 Å². The van der Waals surface area contributed by atoms with Crippen LogP contribution in [0.1, 0.15) is 28.1 Å². The maximum Gasteiger partial charge on any atom is 0.229 e. The van der Waals surface area contributed by atoms with Gasteiger partial charge in [-0.2, -0.15) is 0 Å². The van der Waals surface area contributed by atoms with Crippen molar-refractivity contribution in [3.63, 3.8) is 0 Å². The summed E-state index contributed by atoms with van der Waals surface area (Å²) in [6.07, 6.45) is 1.75. The number of thiocarbonyl (C=S) groups is 1. The molecule has 0 unspecified atom stereocenters. The van der Waals surface area contributed by atoms with Crippen LogP contribution in [0.5, 0.6) is 0 Å². The van der Waals surface area contributed by atoms with Crippen molar-refractivity contribution >= 4 is 46.5 Å². The van der Waals surface area contributed by atoms with Gasteiger partial charge in [-0.05, 0) is 80.7 Å². The number of anilines is 2. The van der Waals surface area contributed by atoms with Crippen molar-refractivity contribution in [3.05, 3.63) is 81.6 Å². The van der Waals surface area contributed by atoms with Crippen LogP contribution in [0.4, 0.5) is 11.6 Å². The van der Waals surface area contributed by atoms with Crippen molar-refractivity contribution < 1.29 is 0 Å². The third-order valence-corrected chi connectivity index (χ3v) is 5.68. The van der Waals surface area contributed by atoms with Gasteiger partial charge in [0, 0.05) is 11.4 Å². The van der Waals surface area contributed by atoms with Gasteiger partial charge in [-0.1, -0.05) is 41.9 Å². The fourth-order valence-corrected chi connectivity index (χ4v) is 4.26. The lowest BCUT2D eigenvalue weighted by Crippen LogP contribution is -2.40. The van der Waals surface area contributed by atoms with Gasteiger partial charge in [-0.25, -0.2) is 15.0 Å². The molecule has 0 fully saturated rings. The summed E-state index contributed by atoms with van der Waals surface area (Å²) in [5, 5.41) is 10.5. The number of halogens is 1. The van der Waals surface area contributed by atoms with Gasteiger partial charge < -0.3 is 10.6 Å². The molecule has 0 spiro atoms. The minimum absolute atomic E-state index is 0.0964. The van der Waals surface area contributed by atoms with E-state index in [1.165, 1.54) is 11.1 Å². The highest BCUT2D eigenvalue weighted by Crippen LogP contribution is 2.24. The Morgan fingerprint density at radius 3 is 2.25 bits per heavy atom. The van der Waals surface area contributed by atoms with E-state index in [0.29, 0.717) is 22.0 Å². The molecule has 32 heavy (non-hydrogen) atoms. The Morgan fingerprint density at radius 1 is 0.969 bits per heavy atom. The van der Waals surface area contributed by atoms with Crippen LogP contribution >= 0.6 is 23.8 Å². The largest absolute Gasteiger partial charge is 0.331 e. The zero-order valence-corrected chi connectivity index (χ0v) is 19.8. The highest BCUT2D eigenvalue weighted by molar-refractivity contribution is 7.80. The van der Waals surface area contributed by atoms with Crippen LogP contribution in [0.15, 0.2) is 53.5 Å². The predicted molar refractivity (Wildman–Crippen MR) is 136 cm³/mol. The van der Waals surface area contributed by atoms with Crippen LogP contribution in [0.25, 0.3) is 0 Å². The Morgan fingerprint density at radius 2 is 1.62 bits per heavy atom. The van der Waals surface area contributed by atoms with E-state index in [1.807, 2.05) is 45.0 Å². The van der Waals surface area contributed by atoms with Crippen LogP contribution in [0.3, 0.4) is 0 Å². The zero-order chi connectivity index (χ0) is 22.7. The Bertz CT molecular complexity index is 1150. The molecule has 4 rings (SSSR count). The van der Waals surface area contributed by atoms with Gasteiger partial charge in [0.05, 0.1) is 16.8 Å². The molecular weight excluding hydrogens is 440 g/mol. The molecule has 0 aliphatic heterocycles. The number of hydrogen-bond acceptors (Lipinski definition) is 4. The van der Waals surface area contributed by atoms with E-state index < -0.39 is 0 Å². The quantitative estimate of drug-likeness (QED) is 0.288. The molecule has 1 heterocycles. The second-order valence-electron chi connectivity index (χ2n) is 7.97. The molecule has 0 saturated carbocycles. The van der Waals surface area contributed by atoms with Gasteiger partial charge in [-0.3, -0.25) is 5.32 Å². The number of nitrogens with one attached hydrogen (secondary N) is 3. The average Bonchev–Trinajstić information content (AvgIpc) is 3.11. The van der Waals surface area contributed by atoms with E-state index >= 15 is 0 Å². The summed E-state index contributed by atoms with van der Waals surface area (Å²) in [7, 11) is 0. The molecule has 164 valence electrons. The SMILES string of the molecule is Cc1ccc(NC(=S)NC(=NC2Cc3ccccc3C2)Nc2nc(C)cc(C)n2)c(Cl)c1. The van der Waals surface area contributed by atoms with Crippen LogP contribution < -0.4 is 16.0 Å². The van der Waals surface area contributed by atoms with E-state index in [2.05, 4.69) is 50.2 Å². The fourth-order valence-electron chi connectivity index (χ4n) is 3.78. The van der Waals surface area contributed by atoms with Crippen molar-refractivity contribution in [2.45, 2.75) is 39.7 Å². The first kappa shape index (κ1) is 22.2. The molecule has 0 radical (unpaired) electrons. The lowest BCUT2D eigenvalue weighted by atomic mass is 10.1. The van der Waals surface area contributed by atoms with Crippen LogP contribution in [0.2, 0.25) is 5.02 Å². The molecule has 8 heteroatoms. The zero-order valence-electron chi connectivity index (χ0n) is 18.2. The second kappa shape index (κ2) is 9.63. The lowest BCUT2D eigenvalue weighted by Gasteiger charge is -2.16. The standard InChI is InChI=1S/C24H25ClN6S/c1-14-8-9-21(20(25)10-14)29-24(32)31-23(30-22-26-15(2)11-16(3)27-22)28-19-12-17-6-4-5-7-18(17)13-19/h4-11,19H,12-13H2,1-3H3,(H3,26,27,28,29,30,31,32). The number of hydrogen-bond donors (Lipinski definition) is 3. The molecule has 0 bridgehead atoms. The summed E-state index contributed by atoms with van der Waals surface area (Å²) in [5.41, 5.74) is 6.21. The summed E-state index contributed by atoms with van der Waals surface area (Å²) in [6.45, 7) is 5.86. The molecule has 0 saturated heterocycles. The molecule has 3 N–H and O–H groups in total. The number of aliphatic imine (C=N–C) groups is 1. The molecule has 6 nitrogen and oxygen atoms in total. The van der Waals surface area contributed by atoms with E-state index in [4.69, 9.17) is 28.8 Å². The summed E-state index contributed by atoms with van der Waals surface area (Å²) >= 11 is 11.9. The van der Waals surface area contributed by atoms with Crippen LogP contribution in [-0.2, 0) is 12.8 Å². The molecular formula is C24H25ClN6S. The van der Waals surface area contributed by atoms with Crippen molar-refractivity contribution in [2.24, 2.45) is 4.99 Å².